The Balaban J connectivity index is 2.22. The van der Waals surface area contributed by atoms with E-state index in [2.05, 4.69) is 0 Å². The number of rotatable bonds is 4. The average molecular weight is 309 g/mol. The lowest BCUT2D eigenvalue weighted by molar-refractivity contribution is 0.622. The van der Waals surface area contributed by atoms with Crippen molar-refractivity contribution < 1.29 is 4.39 Å². The van der Waals surface area contributed by atoms with E-state index in [0.29, 0.717) is 22.2 Å². The molecule has 0 fully saturated rings. The zero-order chi connectivity index (χ0) is 14.7. The first kappa shape index (κ1) is 14.8. The van der Waals surface area contributed by atoms with Gasteiger partial charge in [0.1, 0.15) is 10.8 Å². The fraction of sp³-hybridized carbons (Fsp3) is 0.133. The summed E-state index contributed by atoms with van der Waals surface area (Å²) in [5, 5.41) is 0.568. The van der Waals surface area contributed by atoms with Crippen LogP contribution in [0, 0.1) is 5.82 Å². The summed E-state index contributed by atoms with van der Waals surface area (Å²) in [5.41, 5.74) is 7.70. The van der Waals surface area contributed by atoms with Crippen LogP contribution in [0.2, 0.25) is 5.02 Å². The number of anilines is 1. The van der Waals surface area contributed by atoms with Crippen molar-refractivity contribution in [3.05, 3.63) is 64.4 Å². The molecule has 0 atom stereocenters. The number of hydrogen-bond acceptors (Lipinski definition) is 2. The van der Waals surface area contributed by atoms with Gasteiger partial charge in [-0.1, -0.05) is 48.1 Å². The third-order valence-electron chi connectivity index (χ3n) is 3.01. The molecule has 104 valence electrons. The van der Waals surface area contributed by atoms with Crippen molar-refractivity contribution in [2.75, 3.05) is 11.9 Å². The SMILES string of the molecule is CN(Cc1ccc(C(N)=S)cc1Cl)c1ccccc1F. The second-order valence-corrected chi connectivity index (χ2v) is 5.32. The fourth-order valence-corrected chi connectivity index (χ4v) is 2.30. The minimum atomic E-state index is -0.258. The topological polar surface area (TPSA) is 29.3 Å². The molecule has 0 heterocycles. The maximum atomic E-state index is 13.7. The number of benzene rings is 2. The van der Waals surface area contributed by atoms with Gasteiger partial charge in [0.25, 0.3) is 0 Å². The van der Waals surface area contributed by atoms with Crippen LogP contribution < -0.4 is 10.6 Å². The zero-order valence-electron chi connectivity index (χ0n) is 10.9. The molecule has 2 aromatic rings. The van der Waals surface area contributed by atoms with E-state index >= 15 is 0 Å². The van der Waals surface area contributed by atoms with Crippen LogP contribution in [0.3, 0.4) is 0 Å². The Morgan fingerprint density at radius 1 is 1.30 bits per heavy atom. The van der Waals surface area contributed by atoms with Crippen LogP contribution >= 0.6 is 23.8 Å². The van der Waals surface area contributed by atoms with Crippen LogP contribution in [0.15, 0.2) is 42.5 Å². The normalized spacial score (nSPS) is 10.3. The Labute approximate surface area is 128 Å². The lowest BCUT2D eigenvalue weighted by atomic mass is 10.1. The molecule has 0 bridgehead atoms. The number of hydrogen-bond donors (Lipinski definition) is 1. The van der Waals surface area contributed by atoms with Crippen molar-refractivity contribution in [3.63, 3.8) is 0 Å². The maximum absolute atomic E-state index is 13.7. The van der Waals surface area contributed by atoms with Crippen molar-refractivity contribution in [1.29, 1.82) is 0 Å². The summed E-state index contributed by atoms with van der Waals surface area (Å²) in [6.07, 6.45) is 0. The van der Waals surface area contributed by atoms with E-state index in [1.807, 2.05) is 19.2 Å². The van der Waals surface area contributed by atoms with Crippen molar-refractivity contribution in [2.24, 2.45) is 5.73 Å². The summed E-state index contributed by atoms with van der Waals surface area (Å²) in [5.74, 6) is -0.258. The van der Waals surface area contributed by atoms with Crippen molar-refractivity contribution in [3.8, 4) is 0 Å². The Bertz CT molecular complexity index is 646. The van der Waals surface area contributed by atoms with Gasteiger partial charge in [-0.15, -0.1) is 0 Å². The van der Waals surface area contributed by atoms with E-state index < -0.39 is 0 Å². The van der Waals surface area contributed by atoms with Crippen LogP contribution in [0.25, 0.3) is 0 Å². The van der Waals surface area contributed by atoms with Crippen molar-refractivity contribution in [1.82, 2.24) is 0 Å². The highest BCUT2D eigenvalue weighted by atomic mass is 35.5. The maximum Gasteiger partial charge on any atom is 0.146 e. The minimum absolute atomic E-state index is 0.258. The number of halogens is 2. The molecule has 0 aromatic heterocycles. The molecule has 0 unspecified atom stereocenters. The Kier molecular flexibility index (Phi) is 4.57. The third kappa shape index (κ3) is 3.26. The highest BCUT2D eigenvalue weighted by Crippen LogP contribution is 2.23. The Morgan fingerprint density at radius 2 is 2.00 bits per heavy atom. The zero-order valence-corrected chi connectivity index (χ0v) is 12.5. The molecular formula is C15H14ClFN2S. The van der Waals surface area contributed by atoms with Gasteiger partial charge in [0.15, 0.2) is 0 Å². The molecule has 0 amide bonds. The van der Waals surface area contributed by atoms with Crippen LogP contribution in [0.1, 0.15) is 11.1 Å². The van der Waals surface area contributed by atoms with E-state index in [9.17, 15) is 4.39 Å². The van der Waals surface area contributed by atoms with Crippen LogP contribution in [0.5, 0.6) is 0 Å². The molecular weight excluding hydrogens is 295 g/mol. The van der Waals surface area contributed by atoms with Crippen LogP contribution in [-0.2, 0) is 6.54 Å². The predicted octanol–water partition coefficient (Wildman–Crippen LogP) is 3.75. The Morgan fingerprint density at radius 3 is 2.60 bits per heavy atom. The van der Waals surface area contributed by atoms with Gasteiger partial charge in [-0.25, -0.2) is 4.39 Å². The summed E-state index contributed by atoms with van der Waals surface area (Å²) in [6, 6.07) is 12.0. The molecule has 2 rings (SSSR count). The molecule has 0 aliphatic rings. The van der Waals surface area contributed by atoms with Gasteiger partial charge >= 0.3 is 0 Å². The van der Waals surface area contributed by atoms with Gasteiger partial charge in [-0.3, -0.25) is 0 Å². The molecule has 2 aromatic carbocycles. The predicted molar refractivity (Wildman–Crippen MR) is 85.8 cm³/mol. The average Bonchev–Trinajstić information content (AvgIpc) is 2.41. The minimum Gasteiger partial charge on any atom is -0.389 e. The van der Waals surface area contributed by atoms with Gasteiger partial charge in [0.05, 0.1) is 5.69 Å². The number of para-hydroxylation sites is 1. The largest absolute Gasteiger partial charge is 0.389 e. The van der Waals surface area contributed by atoms with Gasteiger partial charge in [0, 0.05) is 24.2 Å². The number of nitrogens with zero attached hydrogens (tertiary/aromatic N) is 1. The molecule has 5 heteroatoms. The molecule has 0 radical (unpaired) electrons. The standard InChI is InChI=1S/C15H14ClFN2S/c1-19(14-5-3-2-4-13(14)17)9-11-7-6-10(15(18)20)8-12(11)16/h2-8H,9H2,1H3,(H2,18,20). The smallest absolute Gasteiger partial charge is 0.146 e. The summed E-state index contributed by atoms with van der Waals surface area (Å²) in [4.78, 5) is 2.11. The Hall–Kier alpha value is -1.65. The lowest BCUT2D eigenvalue weighted by Gasteiger charge is -2.20. The molecule has 2 N–H and O–H groups in total. The van der Waals surface area contributed by atoms with Gasteiger partial charge < -0.3 is 10.6 Å². The van der Waals surface area contributed by atoms with Gasteiger partial charge in [0.2, 0.25) is 0 Å². The first-order valence-corrected chi connectivity index (χ1v) is 6.81. The van der Waals surface area contributed by atoms with E-state index in [1.54, 1.807) is 29.2 Å². The number of nitrogens with two attached hydrogens (primary N) is 1. The number of thiocarbonyl (C=S) groups is 1. The van der Waals surface area contributed by atoms with Gasteiger partial charge in [-0.05, 0) is 23.8 Å². The molecule has 0 aliphatic carbocycles. The van der Waals surface area contributed by atoms with Crippen LogP contribution in [-0.4, -0.2) is 12.0 Å². The quantitative estimate of drug-likeness (QED) is 0.872. The third-order valence-corrected chi connectivity index (χ3v) is 3.60. The second kappa shape index (κ2) is 6.20. The molecule has 0 saturated heterocycles. The van der Waals surface area contributed by atoms with Crippen LogP contribution in [0.4, 0.5) is 10.1 Å². The van der Waals surface area contributed by atoms with E-state index in [4.69, 9.17) is 29.6 Å². The van der Waals surface area contributed by atoms with Gasteiger partial charge in [-0.2, -0.15) is 0 Å². The first-order chi connectivity index (χ1) is 9.49. The first-order valence-electron chi connectivity index (χ1n) is 6.03. The highest BCUT2D eigenvalue weighted by Gasteiger charge is 2.10. The molecule has 0 saturated carbocycles. The second-order valence-electron chi connectivity index (χ2n) is 4.48. The summed E-state index contributed by atoms with van der Waals surface area (Å²) in [7, 11) is 1.82. The van der Waals surface area contributed by atoms with E-state index in [-0.39, 0.29) is 5.82 Å². The highest BCUT2D eigenvalue weighted by molar-refractivity contribution is 7.80. The fourth-order valence-electron chi connectivity index (χ4n) is 1.93. The summed E-state index contributed by atoms with van der Waals surface area (Å²) >= 11 is 11.1. The molecule has 20 heavy (non-hydrogen) atoms. The van der Waals surface area contributed by atoms with Crippen molar-refractivity contribution >= 4 is 34.5 Å². The summed E-state index contributed by atoms with van der Waals surface area (Å²) < 4.78 is 13.7. The molecule has 0 spiro atoms. The van der Waals surface area contributed by atoms with E-state index in [1.165, 1.54) is 6.07 Å². The van der Waals surface area contributed by atoms with E-state index in [0.717, 1.165) is 11.1 Å². The molecule has 2 nitrogen and oxygen atoms in total. The lowest BCUT2D eigenvalue weighted by Crippen LogP contribution is -2.18. The monoisotopic (exact) mass is 308 g/mol. The summed E-state index contributed by atoms with van der Waals surface area (Å²) in [6.45, 7) is 0.497. The molecule has 0 aliphatic heterocycles. The van der Waals surface area contributed by atoms with Crippen molar-refractivity contribution in [2.45, 2.75) is 6.54 Å².